The number of halogens is 5. The lowest BCUT2D eigenvalue weighted by Crippen LogP contribution is -2.34. The first-order chi connectivity index (χ1) is 9.64. The molecule has 3 nitrogen and oxygen atoms in total. The largest absolute Gasteiger partial charge is 0.459 e. The molecule has 1 heterocycles. The molecule has 2 aromatic rings. The van der Waals surface area contributed by atoms with Crippen LogP contribution in [0.2, 0.25) is 0 Å². The molecule has 8 heteroatoms. The summed E-state index contributed by atoms with van der Waals surface area (Å²) in [5.74, 6) is -5.89. The third-order valence-electron chi connectivity index (χ3n) is 2.75. The van der Waals surface area contributed by atoms with Gasteiger partial charge in [-0.15, -0.1) is 0 Å². The number of hydrogen-bond acceptors (Lipinski definition) is 2. The number of benzene rings is 1. The number of hydrogen-bond donors (Lipinski definition) is 0. The van der Waals surface area contributed by atoms with E-state index in [1.54, 1.807) is 18.2 Å². The second kappa shape index (κ2) is 4.94. The van der Waals surface area contributed by atoms with Gasteiger partial charge in [-0.1, -0.05) is 30.3 Å². The van der Waals surface area contributed by atoms with E-state index in [1.807, 2.05) is 0 Å². The van der Waals surface area contributed by atoms with Crippen LogP contribution in [0.1, 0.15) is 17.4 Å². The van der Waals surface area contributed by atoms with E-state index in [0.29, 0.717) is 16.3 Å². The van der Waals surface area contributed by atoms with Gasteiger partial charge in [-0.05, 0) is 6.07 Å². The topological polar surface area (TPSA) is 34.9 Å². The van der Waals surface area contributed by atoms with Crippen LogP contribution in [0.3, 0.4) is 0 Å². The number of nitrogens with zero attached hydrogens (tertiary/aromatic N) is 2. The monoisotopic (exact) mass is 304 g/mol. The molecule has 0 fully saturated rings. The van der Waals surface area contributed by atoms with Crippen LogP contribution in [0.5, 0.6) is 0 Å². The van der Waals surface area contributed by atoms with Gasteiger partial charge >= 0.3 is 12.1 Å². The van der Waals surface area contributed by atoms with Gasteiger partial charge in [0.1, 0.15) is 5.69 Å². The smallest absolute Gasteiger partial charge is 0.273 e. The highest BCUT2D eigenvalue weighted by molar-refractivity contribution is 5.81. The van der Waals surface area contributed by atoms with E-state index < -0.39 is 23.7 Å². The average molecular weight is 304 g/mol. The summed E-state index contributed by atoms with van der Waals surface area (Å²) < 4.78 is 64.3. The first kappa shape index (κ1) is 15.1. The molecule has 0 aliphatic rings. The minimum atomic E-state index is -5.78. The van der Waals surface area contributed by atoms with Gasteiger partial charge in [0.2, 0.25) is 5.91 Å². The molecular weight excluding hydrogens is 295 g/mol. The quantitative estimate of drug-likeness (QED) is 0.790. The van der Waals surface area contributed by atoms with E-state index in [-0.39, 0.29) is 5.69 Å². The Balaban J connectivity index is 2.61. The van der Waals surface area contributed by atoms with Crippen LogP contribution in [-0.2, 0) is 5.92 Å². The van der Waals surface area contributed by atoms with E-state index >= 15 is 0 Å². The lowest BCUT2D eigenvalue weighted by atomic mass is 10.1. The highest BCUT2D eigenvalue weighted by Gasteiger charge is 2.60. The van der Waals surface area contributed by atoms with Crippen molar-refractivity contribution in [1.29, 1.82) is 0 Å². The summed E-state index contributed by atoms with van der Waals surface area (Å²) in [6.07, 6.45) is -5.78. The molecule has 0 atom stereocenters. The van der Waals surface area contributed by atoms with Gasteiger partial charge < -0.3 is 0 Å². The average Bonchev–Trinajstić information content (AvgIpc) is 2.84. The van der Waals surface area contributed by atoms with Crippen molar-refractivity contribution in [1.82, 2.24) is 9.78 Å². The zero-order chi connectivity index (χ0) is 15.8. The second-order valence-corrected chi connectivity index (χ2v) is 4.28. The van der Waals surface area contributed by atoms with Crippen molar-refractivity contribution in [2.24, 2.45) is 0 Å². The number of rotatable bonds is 2. The van der Waals surface area contributed by atoms with Crippen molar-refractivity contribution >= 4 is 5.91 Å². The predicted molar refractivity (Wildman–Crippen MR) is 63.9 cm³/mol. The fraction of sp³-hybridized carbons (Fsp3) is 0.231. The molecule has 0 bridgehead atoms. The van der Waals surface area contributed by atoms with Gasteiger partial charge in [-0.25, -0.2) is 0 Å². The zero-order valence-electron chi connectivity index (χ0n) is 10.7. The molecule has 1 aromatic carbocycles. The summed E-state index contributed by atoms with van der Waals surface area (Å²) in [4.78, 5) is 11.4. The summed E-state index contributed by atoms with van der Waals surface area (Å²) >= 11 is 0. The Hall–Kier alpha value is -2.25. The predicted octanol–water partition coefficient (Wildman–Crippen LogP) is 3.86. The van der Waals surface area contributed by atoms with Crippen molar-refractivity contribution in [2.75, 3.05) is 0 Å². The normalized spacial score (nSPS) is 12.5. The minimum absolute atomic E-state index is 0.123. The molecule has 0 unspecified atom stereocenters. The number of carbonyl (C=O) groups excluding carboxylic acids is 1. The molecule has 0 amide bonds. The van der Waals surface area contributed by atoms with Gasteiger partial charge in [0.15, 0.2) is 0 Å². The lowest BCUT2D eigenvalue weighted by Gasteiger charge is -2.16. The molecule has 0 aliphatic carbocycles. The number of aromatic nitrogens is 2. The lowest BCUT2D eigenvalue weighted by molar-refractivity contribution is -0.291. The van der Waals surface area contributed by atoms with Crippen LogP contribution in [0.25, 0.3) is 11.3 Å². The maximum atomic E-state index is 13.3. The van der Waals surface area contributed by atoms with Crippen LogP contribution in [-0.4, -0.2) is 21.9 Å². The maximum absolute atomic E-state index is 13.3. The molecule has 0 N–H and O–H groups in total. The minimum Gasteiger partial charge on any atom is -0.273 e. The van der Waals surface area contributed by atoms with Gasteiger partial charge in [-0.3, -0.25) is 4.79 Å². The fourth-order valence-electron chi connectivity index (χ4n) is 1.73. The maximum Gasteiger partial charge on any atom is 0.459 e. The molecule has 1 aromatic heterocycles. The molecule has 0 radical (unpaired) electrons. The summed E-state index contributed by atoms with van der Waals surface area (Å²) in [5, 5.41) is 3.12. The van der Waals surface area contributed by atoms with Crippen LogP contribution in [0, 0.1) is 0 Å². The Morgan fingerprint density at radius 1 is 1.10 bits per heavy atom. The molecule has 112 valence electrons. The first-order valence-corrected chi connectivity index (χ1v) is 5.76. The standard InChI is InChI=1S/C13H9F5N2O/c1-8(21)20-10(9-5-3-2-4-6-9)7-11(19-20)12(14,15)13(16,17)18/h2-7H,1H3. The van der Waals surface area contributed by atoms with E-state index in [0.717, 1.165) is 6.92 Å². The Morgan fingerprint density at radius 2 is 1.67 bits per heavy atom. The van der Waals surface area contributed by atoms with Crippen molar-refractivity contribution in [3.05, 3.63) is 42.1 Å². The van der Waals surface area contributed by atoms with Crippen molar-refractivity contribution in [3.63, 3.8) is 0 Å². The van der Waals surface area contributed by atoms with Crippen LogP contribution in [0.4, 0.5) is 22.0 Å². The third-order valence-corrected chi connectivity index (χ3v) is 2.75. The molecular formula is C13H9F5N2O. The van der Waals surface area contributed by atoms with E-state index in [4.69, 9.17) is 0 Å². The second-order valence-electron chi connectivity index (χ2n) is 4.28. The van der Waals surface area contributed by atoms with Gasteiger partial charge in [0.05, 0.1) is 5.69 Å². The van der Waals surface area contributed by atoms with Crippen molar-refractivity contribution in [3.8, 4) is 11.3 Å². The van der Waals surface area contributed by atoms with Crippen LogP contribution < -0.4 is 0 Å². The Kier molecular flexibility index (Phi) is 3.56. The highest BCUT2D eigenvalue weighted by Crippen LogP contribution is 2.44. The zero-order valence-corrected chi connectivity index (χ0v) is 10.7. The molecule has 0 aliphatic heterocycles. The third kappa shape index (κ3) is 2.65. The highest BCUT2D eigenvalue weighted by atomic mass is 19.4. The van der Waals surface area contributed by atoms with E-state index in [9.17, 15) is 26.7 Å². The van der Waals surface area contributed by atoms with Crippen molar-refractivity contribution in [2.45, 2.75) is 19.0 Å². The van der Waals surface area contributed by atoms with Gasteiger partial charge in [0.25, 0.3) is 0 Å². The first-order valence-electron chi connectivity index (χ1n) is 5.76. The number of alkyl halides is 5. The summed E-state index contributed by atoms with van der Waals surface area (Å²) in [6.45, 7) is 1.02. The fourth-order valence-corrected chi connectivity index (χ4v) is 1.73. The van der Waals surface area contributed by atoms with Crippen LogP contribution >= 0.6 is 0 Å². The van der Waals surface area contributed by atoms with E-state index in [1.165, 1.54) is 12.1 Å². The van der Waals surface area contributed by atoms with Gasteiger partial charge in [0, 0.05) is 12.5 Å². The summed E-state index contributed by atoms with van der Waals surface area (Å²) in [5.41, 5.74) is -1.32. The Labute approximate surface area is 116 Å². The van der Waals surface area contributed by atoms with Crippen molar-refractivity contribution < 1.29 is 26.7 Å². The molecule has 0 saturated carbocycles. The molecule has 0 saturated heterocycles. The van der Waals surface area contributed by atoms with Crippen LogP contribution in [0.15, 0.2) is 36.4 Å². The molecule has 21 heavy (non-hydrogen) atoms. The molecule has 0 spiro atoms. The SMILES string of the molecule is CC(=O)n1nc(C(F)(F)C(F)(F)F)cc1-c1ccccc1. The number of carbonyl (C=O) groups is 1. The summed E-state index contributed by atoms with van der Waals surface area (Å²) in [6, 6.07) is 8.30. The Bertz CT molecular complexity index is 661. The van der Waals surface area contributed by atoms with E-state index in [2.05, 4.69) is 5.10 Å². The molecule has 2 rings (SSSR count). The van der Waals surface area contributed by atoms with Gasteiger partial charge in [-0.2, -0.15) is 31.7 Å². The Morgan fingerprint density at radius 3 is 2.14 bits per heavy atom. The summed E-state index contributed by atoms with van der Waals surface area (Å²) in [7, 11) is 0.